The molecule has 0 aliphatic rings. The molecule has 0 saturated carbocycles. The predicted molar refractivity (Wildman–Crippen MR) is 76.8 cm³/mol. The first-order valence-corrected chi connectivity index (χ1v) is 6.44. The monoisotopic (exact) mass is 319 g/mol. The number of carbonyl (C=O) groups is 1. The highest BCUT2D eigenvalue weighted by Crippen LogP contribution is 2.16. The Balaban J connectivity index is 1.76. The number of ether oxygens (including phenoxy) is 1. The average molecular weight is 319 g/mol. The first kappa shape index (κ1) is 16.2. The van der Waals surface area contributed by atoms with Gasteiger partial charge in [0.05, 0.1) is 6.54 Å². The van der Waals surface area contributed by atoms with Crippen molar-refractivity contribution >= 4 is 5.91 Å². The van der Waals surface area contributed by atoms with Crippen molar-refractivity contribution in [1.82, 2.24) is 15.5 Å². The molecule has 2 rings (SSSR count). The van der Waals surface area contributed by atoms with Crippen molar-refractivity contribution < 1.29 is 18.3 Å². The number of H-pyrrole nitrogens is 1. The molecule has 1 amide bonds. The van der Waals surface area contributed by atoms with Crippen LogP contribution in [0.1, 0.15) is 10.5 Å². The molecule has 0 bridgehead atoms. The second-order valence-corrected chi connectivity index (χ2v) is 4.21. The van der Waals surface area contributed by atoms with Gasteiger partial charge in [0.2, 0.25) is 0 Å². The Bertz CT molecular complexity index is 804. The number of aromatic nitrogens is 2. The lowest BCUT2D eigenvalue weighted by atomic mass is 10.3. The molecule has 0 fully saturated rings. The fourth-order valence-electron chi connectivity index (χ4n) is 1.51. The van der Waals surface area contributed by atoms with Crippen LogP contribution in [0.3, 0.4) is 0 Å². The van der Waals surface area contributed by atoms with Crippen LogP contribution in [0, 0.1) is 23.5 Å². The minimum atomic E-state index is -0.816. The minimum Gasteiger partial charge on any atom is -0.478 e. The maximum Gasteiger partial charge on any atom is 0.272 e. The molecule has 0 radical (unpaired) electrons. The van der Waals surface area contributed by atoms with Crippen LogP contribution in [-0.4, -0.2) is 29.3 Å². The maximum atomic E-state index is 13.2. The summed E-state index contributed by atoms with van der Waals surface area (Å²) in [5.41, 5.74) is -0.359. The minimum absolute atomic E-state index is 0.0227. The molecule has 0 aliphatic carbocycles. The molecule has 2 aromatic rings. The quantitative estimate of drug-likeness (QED) is 0.819. The van der Waals surface area contributed by atoms with Crippen LogP contribution in [0.15, 0.2) is 35.1 Å². The SMILES string of the molecule is O=C(NCC#CCOc1ccc(F)cc1F)c1ccc(=O)[nH]n1. The lowest BCUT2D eigenvalue weighted by molar-refractivity contribution is 0.0952. The molecule has 118 valence electrons. The van der Waals surface area contributed by atoms with Crippen molar-refractivity contribution in [2.45, 2.75) is 0 Å². The van der Waals surface area contributed by atoms with Crippen LogP contribution >= 0.6 is 0 Å². The van der Waals surface area contributed by atoms with Gasteiger partial charge in [0.1, 0.15) is 18.1 Å². The number of nitrogens with zero attached hydrogens (tertiary/aromatic N) is 1. The Morgan fingerprint density at radius 3 is 2.78 bits per heavy atom. The van der Waals surface area contributed by atoms with Gasteiger partial charge < -0.3 is 10.1 Å². The first-order chi connectivity index (χ1) is 11.1. The zero-order valence-corrected chi connectivity index (χ0v) is 11.7. The summed E-state index contributed by atoms with van der Waals surface area (Å²) >= 11 is 0. The number of carbonyl (C=O) groups excluding carboxylic acids is 1. The highest BCUT2D eigenvalue weighted by Gasteiger charge is 2.05. The molecule has 1 heterocycles. The normalized spacial score (nSPS) is 9.65. The Labute approximate surface area is 129 Å². The number of hydrogen-bond donors (Lipinski definition) is 2. The molecule has 0 atom stereocenters. The fourth-order valence-corrected chi connectivity index (χ4v) is 1.51. The van der Waals surface area contributed by atoms with E-state index in [0.29, 0.717) is 6.07 Å². The molecule has 0 unspecified atom stereocenters. The average Bonchev–Trinajstić information content (AvgIpc) is 2.53. The molecule has 1 aromatic carbocycles. The Hall–Kier alpha value is -3.21. The summed E-state index contributed by atoms with van der Waals surface area (Å²) in [5.74, 6) is 3.04. The highest BCUT2D eigenvalue weighted by molar-refractivity contribution is 5.92. The Kier molecular flexibility index (Phi) is 5.41. The standard InChI is InChI=1S/C15H11F2N3O3/c16-10-3-5-13(11(17)9-10)23-8-2-1-7-18-15(22)12-4-6-14(21)20-19-12/h3-6,9H,7-8H2,(H,18,22)(H,20,21). The number of benzene rings is 1. The fraction of sp³-hybridized carbons (Fsp3) is 0.133. The molecule has 0 spiro atoms. The number of rotatable bonds is 4. The van der Waals surface area contributed by atoms with E-state index < -0.39 is 23.1 Å². The third-order valence-corrected chi connectivity index (χ3v) is 2.57. The predicted octanol–water partition coefficient (Wildman–Crippen LogP) is 0.860. The van der Waals surface area contributed by atoms with Crippen molar-refractivity contribution in [2.24, 2.45) is 0 Å². The van der Waals surface area contributed by atoms with Gasteiger partial charge >= 0.3 is 0 Å². The van der Waals surface area contributed by atoms with Crippen molar-refractivity contribution in [2.75, 3.05) is 13.2 Å². The summed E-state index contributed by atoms with van der Waals surface area (Å²) in [6.07, 6.45) is 0. The van der Waals surface area contributed by atoms with Crippen molar-refractivity contribution in [3.8, 4) is 17.6 Å². The van der Waals surface area contributed by atoms with E-state index in [4.69, 9.17) is 4.74 Å². The molecule has 6 nitrogen and oxygen atoms in total. The molecule has 8 heteroatoms. The van der Waals surface area contributed by atoms with E-state index in [-0.39, 0.29) is 24.6 Å². The summed E-state index contributed by atoms with van der Waals surface area (Å²) in [4.78, 5) is 22.4. The third-order valence-electron chi connectivity index (χ3n) is 2.57. The summed E-state index contributed by atoms with van der Waals surface area (Å²) in [7, 11) is 0. The van der Waals surface area contributed by atoms with Gasteiger partial charge in [-0.2, -0.15) is 5.10 Å². The van der Waals surface area contributed by atoms with Crippen LogP contribution in [-0.2, 0) is 0 Å². The topological polar surface area (TPSA) is 84.1 Å². The number of amides is 1. The van der Waals surface area contributed by atoms with Gasteiger partial charge in [-0.25, -0.2) is 13.9 Å². The van der Waals surface area contributed by atoms with Crippen LogP contribution in [0.4, 0.5) is 8.78 Å². The second kappa shape index (κ2) is 7.70. The lowest BCUT2D eigenvalue weighted by Crippen LogP contribution is -2.26. The largest absolute Gasteiger partial charge is 0.478 e. The van der Waals surface area contributed by atoms with E-state index in [0.717, 1.165) is 12.1 Å². The molecule has 2 N–H and O–H groups in total. The van der Waals surface area contributed by atoms with Crippen molar-refractivity contribution in [3.63, 3.8) is 0 Å². The van der Waals surface area contributed by atoms with Crippen molar-refractivity contribution in [1.29, 1.82) is 0 Å². The molecular formula is C15H11F2N3O3. The van der Waals surface area contributed by atoms with E-state index in [1.165, 1.54) is 12.1 Å². The highest BCUT2D eigenvalue weighted by atomic mass is 19.1. The first-order valence-electron chi connectivity index (χ1n) is 6.44. The molecular weight excluding hydrogens is 308 g/mol. The maximum absolute atomic E-state index is 13.2. The molecule has 1 aromatic heterocycles. The van der Waals surface area contributed by atoms with E-state index in [9.17, 15) is 18.4 Å². The van der Waals surface area contributed by atoms with E-state index in [1.54, 1.807) is 0 Å². The molecule has 0 saturated heterocycles. The summed E-state index contributed by atoms with van der Waals surface area (Å²) in [5, 5.41) is 8.15. The Morgan fingerprint density at radius 1 is 1.26 bits per heavy atom. The van der Waals surface area contributed by atoms with Gasteiger partial charge in [0.25, 0.3) is 11.5 Å². The van der Waals surface area contributed by atoms with E-state index in [2.05, 4.69) is 27.4 Å². The van der Waals surface area contributed by atoms with E-state index >= 15 is 0 Å². The van der Waals surface area contributed by atoms with Crippen LogP contribution in [0.2, 0.25) is 0 Å². The van der Waals surface area contributed by atoms with Gasteiger partial charge in [0, 0.05) is 12.1 Å². The number of halogens is 2. The smallest absolute Gasteiger partial charge is 0.272 e. The van der Waals surface area contributed by atoms with Gasteiger partial charge in [-0.3, -0.25) is 9.59 Å². The Morgan fingerprint density at radius 2 is 2.09 bits per heavy atom. The summed E-state index contributed by atoms with van der Waals surface area (Å²) in [6, 6.07) is 5.40. The summed E-state index contributed by atoms with van der Waals surface area (Å²) in [6.45, 7) is -0.0930. The number of aromatic amines is 1. The van der Waals surface area contributed by atoms with Crippen LogP contribution < -0.4 is 15.6 Å². The van der Waals surface area contributed by atoms with Gasteiger partial charge in [0.15, 0.2) is 11.6 Å². The van der Waals surface area contributed by atoms with Crippen LogP contribution in [0.5, 0.6) is 5.75 Å². The lowest BCUT2D eigenvalue weighted by Gasteiger charge is -2.02. The second-order valence-electron chi connectivity index (χ2n) is 4.21. The third kappa shape index (κ3) is 4.93. The van der Waals surface area contributed by atoms with Crippen molar-refractivity contribution in [3.05, 3.63) is 58.0 Å². The van der Waals surface area contributed by atoms with Gasteiger partial charge in [-0.05, 0) is 18.2 Å². The number of nitrogens with one attached hydrogen (secondary N) is 2. The van der Waals surface area contributed by atoms with Crippen LogP contribution in [0.25, 0.3) is 0 Å². The molecule has 23 heavy (non-hydrogen) atoms. The summed E-state index contributed by atoms with van der Waals surface area (Å²) < 4.78 is 30.9. The molecule has 0 aliphatic heterocycles. The number of hydrogen-bond acceptors (Lipinski definition) is 4. The zero-order valence-electron chi connectivity index (χ0n) is 11.7. The van der Waals surface area contributed by atoms with Gasteiger partial charge in [-0.1, -0.05) is 11.8 Å². The van der Waals surface area contributed by atoms with Gasteiger partial charge in [-0.15, -0.1) is 0 Å². The van der Waals surface area contributed by atoms with E-state index in [1.807, 2.05) is 0 Å². The zero-order chi connectivity index (χ0) is 16.7.